The van der Waals surface area contributed by atoms with E-state index in [1.54, 1.807) is 0 Å². The van der Waals surface area contributed by atoms with Crippen molar-refractivity contribution in [1.82, 2.24) is 4.90 Å². The molecule has 0 spiro atoms. The Morgan fingerprint density at radius 3 is 2.42 bits per heavy atom. The molecule has 1 aromatic rings. The van der Waals surface area contributed by atoms with Gasteiger partial charge >= 0.3 is 12.1 Å². The molecule has 0 radical (unpaired) electrons. The number of likely N-dealkylation sites (tertiary alicyclic amines) is 1. The average Bonchev–Trinajstić information content (AvgIpc) is 3.28. The van der Waals surface area contributed by atoms with E-state index in [4.69, 9.17) is 14.6 Å². The van der Waals surface area contributed by atoms with E-state index < -0.39 is 12.1 Å². The predicted molar refractivity (Wildman–Crippen MR) is 118 cm³/mol. The quantitative estimate of drug-likeness (QED) is 0.701. The number of nitrogens with zero attached hydrogens (tertiary/aromatic N) is 2. The molecule has 3 aliphatic rings. The summed E-state index contributed by atoms with van der Waals surface area (Å²) in [5.41, 5.74) is 2.48. The van der Waals surface area contributed by atoms with Crippen LogP contribution in [0.15, 0.2) is 24.3 Å². The second-order valence-electron chi connectivity index (χ2n) is 8.98. The highest BCUT2D eigenvalue weighted by molar-refractivity contribution is 5.94. The largest absolute Gasteiger partial charge is 0.490 e. The number of carboxylic acids is 1. The lowest BCUT2D eigenvalue weighted by molar-refractivity contribution is -0.192. The molecule has 3 saturated heterocycles. The lowest BCUT2D eigenvalue weighted by Gasteiger charge is -2.29. The van der Waals surface area contributed by atoms with Crippen molar-refractivity contribution in [2.24, 2.45) is 11.8 Å². The van der Waals surface area contributed by atoms with Gasteiger partial charge in [-0.15, -0.1) is 0 Å². The predicted octanol–water partition coefficient (Wildman–Crippen LogP) is 4.13. The van der Waals surface area contributed by atoms with Crippen LogP contribution in [0.25, 0.3) is 0 Å². The normalized spacial score (nSPS) is 22.7. The van der Waals surface area contributed by atoms with Crippen molar-refractivity contribution in [2.75, 3.05) is 44.3 Å². The number of rotatable bonds is 5. The summed E-state index contributed by atoms with van der Waals surface area (Å²) in [7, 11) is 0. The van der Waals surface area contributed by atoms with E-state index in [0.717, 1.165) is 63.1 Å². The first-order valence-electron chi connectivity index (χ1n) is 11.7. The molecule has 3 fully saturated rings. The van der Waals surface area contributed by atoms with Gasteiger partial charge in [0.05, 0.1) is 0 Å². The molecule has 1 amide bonds. The molecule has 33 heavy (non-hydrogen) atoms. The summed E-state index contributed by atoms with van der Waals surface area (Å²) in [6, 6.07) is 8.52. The van der Waals surface area contributed by atoms with Crippen LogP contribution in [0.1, 0.15) is 44.1 Å². The number of carboxylic acid groups (broad SMARTS) is 1. The molecule has 0 saturated carbocycles. The Morgan fingerprint density at radius 1 is 1.06 bits per heavy atom. The Labute approximate surface area is 192 Å². The maximum Gasteiger partial charge on any atom is 0.490 e. The first kappa shape index (κ1) is 25.5. The fraction of sp³-hybridized carbons (Fsp3) is 0.667. The standard InChI is InChI=1S/C22H32N2O2.C2HF3O2/c25-22-7-3-4-12-24(22)21-6-2-1-5-19(21)8-13-23-14-9-20(17-23)18-10-15-26-16-11-18;3-2(4,5)1(6)7/h1-2,5-6,18,20H,3-4,7-17H2;(H,6,7). The Kier molecular flexibility index (Phi) is 9.14. The van der Waals surface area contributed by atoms with E-state index >= 15 is 0 Å². The van der Waals surface area contributed by atoms with Crippen LogP contribution in [-0.2, 0) is 20.7 Å². The Balaban J connectivity index is 0.000000383. The van der Waals surface area contributed by atoms with E-state index in [1.807, 2.05) is 4.90 Å². The van der Waals surface area contributed by atoms with Gasteiger partial charge in [-0.05, 0) is 68.5 Å². The number of halogens is 3. The third-order valence-electron chi connectivity index (χ3n) is 6.79. The third-order valence-corrected chi connectivity index (χ3v) is 6.79. The van der Waals surface area contributed by atoms with E-state index in [0.29, 0.717) is 12.3 Å². The highest BCUT2D eigenvalue weighted by atomic mass is 19.4. The number of para-hydroxylation sites is 1. The molecule has 1 unspecified atom stereocenters. The number of alkyl halides is 3. The number of hydrogen-bond acceptors (Lipinski definition) is 4. The van der Waals surface area contributed by atoms with E-state index in [2.05, 4.69) is 29.2 Å². The number of hydrogen-bond donors (Lipinski definition) is 1. The van der Waals surface area contributed by atoms with Crippen LogP contribution >= 0.6 is 0 Å². The van der Waals surface area contributed by atoms with Gasteiger partial charge in [0, 0.05) is 45.0 Å². The van der Waals surface area contributed by atoms with Gasteiger partial charge in [-0.3, -0.25) is 4.79 Å². The van der Waals surface area contributed by atoms with Gasteiger partial charge in [-0.1, -0.05) is 18.2 Å². The molecule has 1 aromatic carbocycles. The molecule has 9 heteroatoms. The van der Waals surface area contributed by atoms with E-state index in [1.165, 1.54) is 37.9 Å². The minimum Gasteiger partial charge on any atom is -0.475 e. The van der Waals surface area contributed by atoms with Crippen LogP contribution in [0.2, 0.25) is 0 Å². The molecule has 1 N–H and O–H groups in total. The van der Waals surface area contributed by atoms with Crippen molar-refractivity contribution < 1.29 is 32.6 Å². The molecule has 1 atom stereocenters. The monoisotopic (exact) mass is 470 g/mol. The number of anilines is 1. The van der Waals surface area contributed by atoms with Crippen LogP contribution in [0, 0.1) is 11.8 Å². The molecule has 0 aromatic heterocycles. The lowest BCUT2D eigenvalue weighted by atomic mass is 9.85. The molecular weight excluding hydrogens is 437 g/mol. The number of amides is 1. The van der Waals surface area contributed by atoms with Crippen LogP contribution in [0.5, 0.6) is 0 Å². The van der Waals surface area contributed by atoms with E-state index in [9.17, 15) is 18.0 Å². The molecule has 0 bridgehead atoms. The molecule has 3 aliphatic heterocycles. The molecular formula is C24H33F3N2O4. The summed E-state index contributed by atoms with van der Waals surface area (Å²) >= 11 is 0. The topological polar surface area (TPSA) is 70.1 Å². The van der Waals surface area contributed by atoms with Crippen LogP contribution in [-0.4, -0.2) is 67.5 Å². The van der Waals surface area contributed by atoms with Gasteiger partial charge in [-0.25, -0.2) is 4.79 Å². The van der Waals surface area contributed by atoms with Crippen LogP contribution in [0.3, 0.4) is 0 Å². The van der Waals surface area contributed by atoms with Crippen molar-refractivity contribution in [3.05, 3.63) is 29.8 Å². The number of benzene rings is 1. The van der Waals surface area contributed by atoms with E-state index in [-0.39, 0.29) is 0 Å². The number of carbonyl (C=O) groups is 2. The Morgan fingerprint density at radius 2 is 1.76 bits per heavy atom. The SMILES string of the molecule is O=C(O)C(F)(F)F.O=C1CCCCN1c1ccccc1CCN1CCC(C2CCOCC2)C1. The molecule has 0 aliphatic carbocycles. The summed E-state index contributed by atoms with van der Waals surface area (Å²) < 4.78 is 37.3. The second-order valence-corrected chi connectivity index (χ2v) is 8.98. The third kappa shape index (κ3) is 7.43. The maximum atomic E-state index is 12.3. The fourth-order valence-corrected chi connectivity index (χ4v) is 4.96. The first-order valence-corrected chi connectivity index (χ1v) is 11.7. The molecule has 3 heterocycles. The smallest absolute Gasteiger partial charge is 0.475 e. The van der Waals surface area contributed by atoms with Gasteiger partial charge in [0.2, 0.25) is 5.91 Å². The zero-order valence-corrected chi connectivity index (χ0v) is 18.9. The van der Waals surface area contributed by atoms with Gasteiger partial charge < -0.3 is 19.6 Å². The van der Waals surface area contributed by atoms with Crippen LogP contribution in [0.4, 0.5) is 18.9 Å². The summed E-state index contributed by atoms with van der Waals surface area (Å²) in [6.07, 6.45) is 2.67. The minimum atomic E-state index is -5.08. The molecule has 4 rings (SSSR count). The zero-order valence-electron chi connectivity index (χ0n) is 18.9. The Bertz CT molecular complexity index is 796. The Hall–Kier alpha value is -2.13. The van der Waals surface area contributed by atoms with Crippen LogP contribution < -0.4 is 4.90 Å². The molecule has 6 nitrogen and oxygen atoms in total. The molecule has 184 valence electrons. The zero-order chi connectivity index (χ0) is 23.8. The summed E-state index contributed by atoms with van der Waals surface area (Å²) in [5, 5.41) is 7.12. The van der Waals surface area contributed by atoms with Gasteiger partial charge in [0.1, 0.15) is 0 Å². The van der Waals surface area contributed by atoms with Crippen molar-refractivity contribution in [3.8, 4) is 0 Å². The number of carbonyl (C=O) groups excluding carboxylic acids is 1. The summed E-state index contributed by atoms with van der Waals surface area (Å²) in [5.74, 6) is -0.734. The minimum absolute atomic E-state index is 0.296. The van der Waals surface area contributed by atoms with Crippen molar-refractivity contribution in [1.29, 1.82) is 0 Å². The second kappa shape index (κ2) is 11.8. The van der Waals surface area contributed by atoms with Crippen molar-refractivity contribution in [2.45, 2.75) is 51.1 Å². The number of aliphatic carboxylic acids is 1. The van der Waals surface area contributed by atoms with Crippen molar-refractivity contribution >= 4 is 17.6 Å². The first-order chi connectivity index (χ1) is 15.8. The average molecular weight is 471 g/mol. The summed E-state index contributed by atoms with van der Waals surface area (Å²) in [4.78, 5) is 25.9. The highest BCUT2D eigenvalue weighted by Gasteiger charge is 2.38. The highest BCUT2D eigenvalue weighted by Crippen LogP contribution is 2.32. The maximum absolute atomic E-state index is 12.3. The van der Waals surface area contributed by atoms with Gasteiger partial charge in [-0.2, -0.15) is 13.2 Å². The lowest BCUT2D eigenvalue weighted by Crippen LogP contribution is -2.36. The fourth-order valence-electron chi connectivity index (χ4n) is 4.96. The van der Waals surface area contributed by atoms with Crippen molar-refractivity contribution in [3.63, 3.8) is 0 Å². The van der Waals surface area contributed by atoms with Gasteiger partial charge in [0.25, 0.3) is 0 Å². The summed E-state index contributed by atoms with van der Waals surface area (Å²) in [6.45, 7) is 6.38. The van der Waals surface area contributed by atoms with Gasteiger partial charge in [0.15, 0.2) is 0 Å². The number of piperidine rings is 1. The number of ether oxygens (including phenoxy) is 1.